The van der Waals surface area contributed by atoms with Crippen molar-refractivity contribution in [3.8, 4) is 0 Å². The van der Waals surface area contributed by atoms with Crippen LogP contribution in [0.2, 0.25) is 0 Å². The molecule has 0 saturated heterocycles. The van der Waals surface area contributed by atoms with Crippen molar-refractivity contribution in [1.82, 2.24) is 0 Å². The van der Waals surface area contributed by atoms with Gasteiger partial charge in [-0.1, -0.05) is 19.1 Å². The molecule has 0 spiro atoms. The standard InChI is InChI=1S/C9H13N.H2/c1-3-8-4-6-9(10-2)7-5-8;/h4-7,10H,3H2,1-2H3;1H. The molecule has 0 aromatic heterocycles. The predicted molar refractivity (Wildman–Crippen MR) is 47.5 cm³/mol. The summed E-state index contributed by atoms with van der Waals surface area (Å²) in [5, 5.41) is 3.08. The molecule has 10 heavy (non-hydrogen) atoms. The summed E-state index contributed by atoms with van der Waals surface area (Å²) in [6, 6.07) is 8.48. The molecule has 1 nitrogen and oxygen atoms in total. The highest BCUT2D eigenvalue weighted by atomic mass is 14.8. The van der Waals surface area contributed by atoms with Crippen LogP contribution in [0.3, 0.4) is 0 Å². The van der Waals surface area contributed by atoms with Crippen molar-refractivity contribution < 1.29 is 1.43 Å². The summed E-state index contributed by atoms with van der Waals surface area (Å²) >= 11 is 0. The molecule has 0 atom stereocenters. The Morgan fingerprint density at radius 3 is 2.30 bits per heavy atom. The van der Waals surface area contributed by atoms with Crippen LogP contribution in [0.1, 0.15) is 13.9 Å². The third kappa shape index (κ3) is 1.50. The molecular weight excluding hydrogens is 122 g/mol. The van der Waals surface area contributed by atoms with Crippen LogP contribution in [0.4, 0.5) is 5.69 Å². The van der Waals surface area contributed by atoms with Gasteiger partial charge in [0, 0.05) is 14.2 Å². The molecule has 1 aromatic rings. The van der Waals surface area contributed by atoms with E-state index in [0.29, 0.717) is 0 Å². The van der Waals surface area contributed by atoms with E-state index < -0.39 is 0 Å². The highest BCUT2D eigenvalue weighted by molar-refractivity contribution is 5.43. The highest BCUT2D eigenvalue weighted by Gasteiger charge is 1.87. The Hall–Kier alpha value is -0.980. The molecule has 0 fully saturated rings. The normalized spacial score (nSPS) is 9.40. The Labute approximate surface area is 63.6 Å². The number of anilines is 1. The molecule has 1 heteroatoms. The Bertz CT molecular complexity index is 170. The topological polar surface area (TPSA) is 12.0 Å². The van der Waals surface area contributed by atoms with Gasteiger partial charge in [-0.3, -0.25) is 0 Å². The molecule has 1 aromatic carbocycles. The maximum absolute atomic E-state index is 3.08. The van der Waals surface area contributed by atoms with Gasteiger partial charge in [-0.15, -0.1) is 0 Å². The minimum atomic E-state index is 0. The van der Waals surface area contributed by atoms with E-state index in [4.69, 9.17) is 0 Å². The van der Waals surface area contributed by atoms with Gasteiger partial charge in [-0.2, -0.15) is 0 Å². The zero-order valence-electron chi connectivity index (χ0n) is 6.52. The fraction of sp³-hybridized carbons (Fsp3) is 0.333. The SMILES string of the molecule is CCc1ccc(NC)cc1.[HH]. The smallest absolute Gasteiger partial charge is 0.0337 e. The van der Waals surface area contributed by atoms with E-state index in [2.05, 4.69) is 36.5 Å². The fourth-order valence-corrected chi connectivity index (χ4v) is 0.907. The molecule has 0 aliphatic heterocycles. The average Bonchev–Trinajstić information content (AvgIpc) is 2.05. The van der Waals surface area contributed by atoms with Gasteiger partial charge in [-0.25, -0.2) is 0 Å². The van der Waals surface area contributed by atoms with Gasteiger partial charge in [0.05, 0.1) is 0 Å². The van der Waals surface area contributed by atoms with Gasteiger partial charge in [0.25, 0.3) is 0 Å². The van der Waals surface area contributed by atoms with Crippen LogP contribution >= 0.6 is 0 Å². The van der Waals surface area contributed by atoms with Crippen LogP contribution in [-0.2, 0) is 6.42 Å². The van der Waals surface area contributed by atoms with Crippen molar-refractivity contribution in [2.24, 2.45) is 0 Å². The fourth-order valence-electron chi connectivity index (χ4n) is 0.907. The minimum Gasteiger partial charge on any atom is -0.388 e. The third-order valence-corrected chi connectivity index (χ3v) is 1.65. The second-order valence-electron chi connectivity index (χ2n) is 2.30. The lowest BCUT2D eigenvalue weighted by atomic mass is 10.1. The highest BCUT2D eigenvalue weighted by Crippen LogP contribution is 2.08. The number of benzene rings is 1. The van der Waals surface area contributed by atoms with Crippen LogP contribution in [0.15, 0.2) is 24.3 Å². The molecule has 1 rings (SSSR count). The van der Waals surface area contributed by atoms with E-state index in [1.807, 2.05) is 7.05 Å². The zero-order chi connectivity index (χ0) is 7.40. The molecule has 0 radical (unpaired) electrons. The lowest BCUT2D eigenvalue weighted by Gasteiger charge is -1.99. The lowest BCUT2D eigenvalue weighted by molar-refractivity contribution is 1.14. The number of aryl methyl sites for hydroxylation is 1. The van der Waals surface area contributed by atoms with Gasteiger partial charge in [0.1, 0.15) is 0 Å². The van der Waals surface area contributed by atoms with Crippen LogP contribution in [0.5, 0.6) is 0 Å². The summed E-state index contributed by atoms with van der Waals surface area (Å²) in [6.45, 7) is 2.16. The predicted octanol–water partition coefficient (Wildman–Crippen LogP) is 2.54. The Morgan fingerprint density at radius 1 is 1.30 bits per heavy atom. The summed E-state index contributed by atoms with van der Waals surface area (Å²) in [7, 11) is 1.93. The van der Waals surface area contributed by atoms with E-state index in [-0.39, 0.29) is 1.43 Å². The van der Waals surface area contributed by atoms with E-state index in [1.165, 1.54) is 11.3 Å². The van der Waals surface area contributed by atoms with Crippen molar-refractivity contribution >= 4 is 5.69 Å². The summed E-state index contributed by atoms with van der Waals surface area (Å²) in [5.74, 6) is 0. The van der Waals surface area contributed by atoms with E-state index in [0.717, 1.165) is 6.42 Å². The first-order valence-corrected chi connectivity index (χ1v) is 3.63. The maximum atomic E-state index is 3.08. The van der Waals surface area contributed by atoms with E-state index in [1.54, 1.807) is 0 Å². The molecule has 0 heterocycles. The first-order chi connectivity index (χ1) is 4.86. The first-order valence-electron chi connectivity index (χ1n) is 3.63. The Balaban J connectivity index is 0.000001000. The number of hydrogen-bond donors (Lipinski definition) is 1. The zero-order valence-corrected chi connectivity index (χ0v) is 6.52. The van der Waals surface area contributed by atoms with Gasteiger partial charge in [0.15, 0.2) is 0 Å². The number of rotatable bonds is 2. The van der Waals surface area contributed by atoms with Gasteiger partial charge in [0.2, 0.25) is 0 Å². The average molecular weight is 137 g/mol. The Kier molecular flexibility index (Phi) is 2.32. The molecule has 56 valence electrons. The first kappa shape index (κ1) is 7.13. The molecular formula is C9H15N. The number of nitrogens with one attached hydrogen (secondary N) is 1. The van der Waals surface area contributed by atoms with Crippen molar-refractivity contribution in [1.29, 1.82) is 0 Å². The van der Waals surface area contributed by atoms with E-state index >= 15 is 0 Å². The van der Waals surface area contributed by atoms with Gasteiger partial charge < -0.3 is 5.32 Å². The molecule has 0 saturated carbocycles. The van der Waals surface area contributed by atoms with Gasteiger partial charge >= 0.3 is 0 Å². The molecule has 0 aliphatic rings. The summed E-state index contributed by atoms with van der Waals surface area (Å²) in [6.07, 6.45) is 1.12. The van der Waals surface area contributed by atoms with Gasteiger partial charge in [-0.05, 0) is 24.1 Å². The maximum Gasteiger partial charge on any atom is 0.0337 e. The monoisotopic (exact) mass is 137 g/mol. The van der Waals surface area contributed by atoms with E-state index in [9.17, 15) is 0 Å². The van der Waals surface area contributed by atoms with Crippen LogP contribution in [0.25, 0.3) is 0 Å². The van der Waals surface area contributed by atoms with Crippen LogP contribution < -0.4 is 5.32 Å². The molecule has 0 amide bonds. The van der Waals surface area contributed by atoms with Crippen molar-refractivity contribution in [3.63, 3.8) is 0 Å². The molecule has 0 aliphatic carbocycles. The van der Waals surface area contributed by atoms with Crippen molar-refractivity contribution in [2.45, 2.75) is 13.3 Å². The summed E-state index contributed by atoms with van der Waals surface area (Å²) < 4.78 is 0. The van der Waals surface area contributed by atoms with Crippen LogP contribution in [0, 0.1) is 0 Å². The third-order valence-electron chi connectivity index (χ3n) is 1.65. The molecule has 0 bridgehead atoms. The quantitative estimate of drug-likeness (QED) is 0.660. The Morgan fingerprint density at radius 2 is 1.90 bits per heavy atom. The summed E-state index contributed by atoms with van der Waals surface area (Å²) in [4.78, 5) is 0. The number of hydrogen-bond acceptors (Lipinski definition) is 1. The summed E-state index contributed by atoms with van der Waals surface area (Å²) in [5.41, 5.74) is 2.57. The minimum absolute atomic E-state index is 0. The van der Waals surface area contributed by atoms with Crippen molar-refractivity contribution in [2.75, 3.05) is 12.4 Å². The van der Waals surface area contributed by atoms with Crippen molar-refractivity contribution in [3.05, 3.63) is 29.8 Å². The second-order valence-corrected chi connectivity index (χ2v) is 2.30. The molecule has 1 N–H and O–H groups in total. The lowest BCUT2D eigenvalue weighted by Crippen LogP contribution is -1.87. The largest absolute Gasteiger partial charge is 0.388 e. The van der Waals surface area contributed by atoms with Crippen LogP contribution in [-0.4, -0.2) is 7.05 Å². The second kappa shape index (κ2) is 3.25. The molecule has 0 unspecified atom stereocenters.